The van der Waals surface area contributed by atoms with Crippen LogP contribution in [0.25, 0.3) is 0 Å². The van der Waals surface area contributed by atoms with Crippen LogP contribution in [0.1, 0.15) is 26.7 Å². The van der Waals surface area contributed by atoms with Crippen molar-refractivity contribution in [2.75, 3.05) is 20.3 Å². The number of nitrogens with zero attached hydrogens (tertiary/aromatic N) is 1. The Kier molecular flexibility index (Phi) is 5.34. The molecule has 2 nitrogen and oxygen atoms in total. The Morgan fingerprint density at radius 1 is 1.60 bits per heavy atom. The summed E-state index contributed by atoms with van der Waals surface area (Å²) in [4.78, 5) is 4.61. The van der Waals surface area contributed by atoms with Crippen LogP contribution in [0.2, 0.25) is 0 Å². The summed E-state index contributed by atoms with van der Waals surface area (Å²) in [5.74, 6) is 0.523. The maximum atomic E-state index is 6.16. The number of allylic oxidation sites excluding steroid dienone is 2. The van der Waals surface area contributed by atoms with Crippen molar-refractivity contribution in [1.82, 2.24) is 0 Å². The Hall–Kier alpha value is -0.340. The van der Waals surface area contributed by atoms with Gasteiger partial charge in [-0.3, -0.25) is 4.99 Å². The normalized spacial score (nSPS) is 29.3. The molecule has 1 aliphatic rings. The van der Waals surface area contributed by atoms with Gasteiger partial charge in [0.25, 0.3) is 0 Å². The van der Waals surface area contributed by atoms with Crippen molar-refractivity contribution in [3.8, 4) is 0 Å². The second kappa shape index (κ2) is 6.29. The summed E-state index contributed by atoms with van der Waals surface area (Å²) >= 11 is 6.16. The molecule has 86 valence electrons. The van der Waals surface area contributed by atoms with E-state index in [9.17, 15) is 0 Å². The van der Waals surface area contributed by atoms with E-state index in [1.165, 1.54) is 11.3 Å². The number of aliphatic imine (C=N–C) groups is 1. The molecule has 0 aromatic carbocycles. The third-order valence-corrected chi connectivity index (χ3v) is 3.11. The van der Waals surface area contributed by atoms with Crippen molar-refractivity contribution in [1.29, 1.82) is 0 Å². The van der Waals surface area contributed by atoms with Crippen LogP contribution in [0, 0.1) is 5.92 Å². The SMILES string of the molecule is CCC1CC(Cl)C=C(C)C1=NCCOC. The fraction of sp³-hybridized carbons (Fsp3) is 0.750. The molecule has 0 fully saturated rings. The van der Waals surface area contributed by atoms with Crippen molar-refractivity contribution in [3.63, 3.8) is 0 Å². The van der Waals surface area contributed by atoms with E-state index in [2.05, 4.69) is 24.9 Å². The molecule has 0 aromatic heterocycles. The van der Waals surface area contributed by atoms with Gasteiger partial charge in [0, 0.05) is 18.7 Å². The molecule has 0 aliphatic heterocycles. The first-order valence-electron chi connectivity index (χ1n) is 5.55. The second-order valence-electron chi connectivity index (χ2n) is 3.97. The maximum absolute atomic E-state index is 6.16. The van der Waals surface area contributed by atoms with Gasteiger partial charge in [-0.15, -0.1) is 11.6 Å². The molecule has 3 heteroatoms. The lowest BCUT2D eigenvalue weighted by Gasteiger charge is -2.25. The Balaban J connectivity index is 2.73. The first kappa shape index (κ1) is 12.7. The first-order chi connectivity index (χ1) is 7.19. The van der Waals surface area contributed by atoms with Crippen LogP contribution in [0.15, 0.2) is 16.6 Å². The maximum Gasteiger partial charge on any atom is 0.0658 e. The van der Waals surface area contributed by atoms with Crippen LogP contribution in [0.3, 0.4) is 0 Å². The topological polar surface area (TPSA) is 21.6 Å². The predicted octanol–water partition coefficient (Wildman–Crippen LogP) is 3.06. The monoisotopic (exact) mass is 229 g/mol. The zero-order valence-corrected chi connectivity index (χ0v) is 10.5. The Labute approximate surface area is 97.4 Å². The molecule has 15 heavy (non-hydrogen) atoms. The predicted molar refractivity (Wildman–Crippen MR) is 66.0 cm³/mol. The standard InChI is InChI=1S/C12H20ClNO/c1-4-10-8-11(13)7-9(2)12(10)14-5-6-15-3/h7,10-11H,4-6,8H2,1-3H3. The van der Waals surface area contributed by atoms with Gasteiger partial charge in [0.15, 0.2) is 0 Å². The van der Waals surface area contributed by atoms with Crippen molar-refractivity contribution in [2.45, 2.75) is 32.1 Å². The van der Waals surface area contributed by atoms with Gasteiger partial charge in [-0.2, -0.15) is 0 Å². The van der Waals surface area contributed by atoms with E-state index in [1.54, 1.807) is 7.11 Å². The van der Waals surface area contributed by atoms with Crippen LogP contribution in [-0.4, -0.2) is 31.4 Å². The van der Waals surface area contributed by atoms with Crippen LogP contribution in [-0.2, 0) is 4.74 Å². The van der Waals surface area contributed by atoms with Gasteiger partial charge >= 0.3 is 0 Å². The van der Waals surface area contributed by atoms with Gasteiger partial charge < -0.3 is 4.74 Å². The Morgan fingerprint density at radius 3 is 2.93 bits per heavy atom. The molecule has 0 saturated carbocycles. The first-order valence-corrected chi connectivity index (χ1v) is 5.98. The number of ether oxygens (including phenoxy) is 1. The number of hydrogen-bond donors (Lipinski definition) is 0. The highest BCUT2D eigenvalue weighted by molar-refractivity contribution is 6.23. The van der Waals surface area contributed by atoms with Crippen LogP contribution >= 0.6 is 11.6 Å². The summed E-state index contributed by atoms with van der Waals surface area (Å²) in [5.41, 5.74) is 2.47. The van der Waals surface area contributed by atoms with E-state index in [0.717, 1.165) is 19.4 Å². The summed E-state index contributed by atoms with van der Waals surface area (Å²) in [6, 6.07) is 0. The highest BCUT2D eigenvalue weighted by Crippen LogP contribution is 2.27. The van der Waals surface area contributed by atoms with E-state index in [0.29, 0.717) is 12.5 Å². The minimum absolute atomic E-state index is 0.177. The highest BCUT2D eigenvalue weighted by atomic mass is 35.5. The smallest absolute Gasteiger partial charge is 0.0658 e. The van der Waals surface area contributed by atoms with E-state index >= 15 is 0 Å². The average Bonchev–Trinajstić information content (AvgIpc) is 2.20. The minimum atomic E-state index is 0.177. The van der Waals surface area contributed by atoms with Gasteiger partial charge in [-0.05, 0) is 25.3 Å². The summed E-state index contributed by atoms with van der Waals surface area (Å²) in [5, 5.41) is 0.177. The molecule has 0 N–H and O–H groups in total. The lowest BCUT2D eigenvalue weighted by atomic mass is 9.85. The molecule has 1 aliphatic carbocycles. The quantitative estimate of drug-likeness (QED) is 0.536. The molecular weight excluding hydrogens is 210 g/mol. The Bertz CT molecular complexity index is 260. The lowest BCUT2D eigenvalue weighted by molar-refractivity contribution is 0.208. The van der Waals surface area contributed by atoms with Crippen LogP contribution < -0.4 is 0 Å². The lowest BCUT2D eigenvalue weighted by Crippen LogP contribution is -2.24. The van der Waals surface area contributed by atoms with E-state index in [-0.39, 0.29) is 5.38 Å². The van der Waals surface area contributed by atoms with Crippen molar-refractivity contribution in [3.05, 3.63) is 11.6 Å². The van der Waals surface area contributed by atoms with Crippen molar-refractivity contribution >= 4 is 17.3 Å². The zero-order chi connectivity index (χ0) is 11.3. The molecule has 0 heterocycles. The van der Waals surface area contributed by atoms with Gasteiger partial charge in [-0.25, -0.2) is 0 Å². The van der Waals surface area contributed by atoms with Gasteiger partial charge in [0.05, 0.1) is 18.5 Å². The third kappa shape index (κ3) is 3.62. The molecular formula is C12H20ClNO. The van der Waals surface area contributed by atoms with Gasteiger partial charge in [0.2, 0.25) is 0 Å². The Morgan fingerprint density at radius 2 is 2.33 bits per heavy atom. The number of methoxy groups -OCH3 is 1. The summed E-state index contributed by atoms with van der Waals surface area (Å²) < 4.78 is 5.01. The molecule has 0 bridgehead atoms. The molecule has 0 saturated heterocycles. The van der Waals surface area contributed by atoms with E-state index in [4.69, 9.17) is 16.3 Å². The molecule has 0 spiro atoms. The van der Waals surface area contributed by atoms with Crippen molar-refractivity contribution in [2.24, 2.45) is 10.9 Å². The second-order valence-corrected chi connectivity index (χ2v) is 4.53. The summed E-state index contributed by atoms with van der Waals surface area (Å²) in [7, 11) is 1.70. The minimum Gasteiger partial charge on any atom is -0.383 e. The number of hydrogen-bond acceptors (Lipinski definition) is 2. The van der Waals surface area contributed by atoms with E-state index < -0.39 is 0 Å². The van der Waals surface area contributed by atoms with Gasteiger partial charge in [-0.1, -0.05) is 13.0 Å². The van der Waals surface area contributed by atoms with E-state index in [1.807, 2.05) is 0 Å². The summed E-state index contributed by atoms with van der Waals surface area (Å²) in [6.07, 6.45) is 4.24. The van der Waals surface area contributed by atoms with Crippen LogP contribution in [0.4, 0.5) is 0 Å². The average molecular weight is 230 g/mol. The molecule has 0 radical (unpaired) electrons. The number of alkyl halides is 1. The van der Waals surface area contributed by atoms with Gasteiger partial charge in [0.1, 0.15) is 0 Å². The number of halogens is 1. The molecule has 2 atom stereocenters. The molecule has 1 rings (SSSR count). The number of rotatable bonds is 4. The largest absolute Gasteiger partial charge is 0.383 e. The fourth-order valence-electron chi connectivity index (χ4n) is 2.00. The van der Waals surface area contributed by atoms with Crippen LogP contribution in [0.5, 0.6) is 0 Å². The zero-order valence-electron chi connectivity index (χ0n) is 9.79. The molecule has 0 amide bonds. The summed E-state index contributed by atoms with van der Waals surface area (Å²) in [6.45, 7) is 5.74. The molecule has 2 unspecified atom stereocenters. The van der Waals surface area contributed by atoms with Crippen molar-refractivity contribution < 1.29 is 4.74 Å². The highest BCUT2D eigenvalue weighted by Gasteiger charge is 2.23. The molecule has 0 aromatic rings. The fourth-order valence-corrected chi connectivity index (χ4v) is 2.41. The third-order valence-electron chi connectivity index (χ3n) is 2.80.